The lowest BCUT2D eigenvalue weighted by molar-refractivity contribution is -0.140. The Morgan fingerprint density at radius 1 is 1.13 bits per heavy atom. The number of amides is 2. The molecule has 1 aromatic carbocycles. The first-order valence-electron chi connectivity index (χ1n) is 11.5. The van der Waals surface area contributed by atoms with E-state index in [1.165, 1.54) is 18.9 Å². The lowest BCUT2D eigenvalue weighted by Gasteiger charge is -2.41. The minimum Gasteiger partial charge on any atom is -0.337 e. The Morgan fingerprint density at radius 2 is 1.87 bits per heavy atom. The van der Waals surface area contributed by atoms with Crippen LogP contribution in [-0.4, -0.2) is 47.3 Å². The van der Waals surface area contributed by atoms with E-state index in [0.717, 1.165) is 56.4 Å². The molecule has 0 unspecified atom stereocenters. The third kappa shape index (κ3) is 5.02. The number of piperazine rings is 1. The number of hydrogen-bond donors (Lipinski definition) is 1. The summed E-state index contributed by atoms with van der Waals surface area (Å²) >= 11 is 0. The first-order valence-corrected chi connectivity index (χ1v) is 11.5. The fourth-order valence-electron chi connectivity index (χ4n) is 4.97. The smallest absolute Gasteiger partial charge is 0.226 e. The summed E-state index contributed by atoms with van der Waals surface area (Å²) in [5, 5.41) is 2.91. The molecule has 30 heavy (non-hydrogen) atoms. The largest absolute Gasteiger partial charge is 0.337 e. The van der Waals surface area contributed by atoms with Gasteiger partial charge >= 0.3 is 0 Å². The van der Waals surface area contributed by atoms with Gasteiger partial charge in [-0.1, -0.05) is 12.8 Å². The number of hydrogen-bond acceptors (Lipinski definition) is 3. The van der Waals surface area contributed by atoms with Crippen molar-refractivity contribution in [3.63, 3.8) is 0 Å². The molecule has 164 valence electrons. The predicted molar refractivity (Wildman–Crippen MR) is 116 cm³/mol. The summed E-state index contributed by atoms with van der Waals surface area (Å²) in [5.74, 6) is 0.696. The van der Waals surface area contributed by atoms with Gasteiger partial charge in [0.1, 0.15) is 5.82 Å². The van der Waals surface area contributed by atoms with Crippen molar-refractivity contribution in [2.75, 3.05) is 25.0 Å². The zero-order valence-electron chi connectivity index (χ0n) is 18.3. The summed E-state index contributed by atoms with van der Waals surface area (Å²) in [4.78, 5) is 29.4. The summed E-state index contributed by atoms with van der Waals surface area (Å²) < 4.78 is 14.3. The number of halogens is 1. The van der Waals surface area contributed by atoms with Crippen molar-refractivity contribution in [1.82, 2.24) is 9.80 Å². The summed E-state index contributed by atoms with van der Waals surface area (Å²) in [6.07, 6.45) is 7.17. The van der Waals surface area contributed by atoms with Crippen molar-refractivity contribution in [3.05, 3.63) is 29.1 Å². The fourth-order valence-corrected chi connectivity index (χ4v) is 4.97. The first-order chi connectivity index (χ1) is 14.4. The molecule has 2 aliphatic carbocycles. The average molecular weight is 416 g/mol. The van der Waals surface area contributed by atoms with E-state index in [0.29, 0.717) is 30.5 Å². The first kappa shape index (κ1) is 21.3. The van der Waals surface area contributed by atoms with E-state index in [2.05, 4.69) is 22.0 Å². The van der Waals surface area contributed by atoms with Gasteiger partial charge in [0, 0.05) is 50.2 Å². The van der Waals surface area contributed by atoms with Crippen LogP contribution in [0.1, 0.15) is 63.0 Å². The lowest BCUT2D eigenvalue weighted by Crippen LogP contribution is -2.54. The molecule has 3 fully saturated rings. The van der Waals surface area contributed by atoms with Gasteiger partial charge in [0.15, 0.2) is 0 Å². The van der Waals surface area contributed by atoms with Crippen molar-refractivity contribution in [3.8, 4) is 0 Å². The maximum absolute atomic E-state index is 14.3. The summed E-state index contributed by atoms with van der Waals surface area (Å²) in [7, 11) is 0. The number of rotatable bonds is 6. The van der Waals surface area contributed by atoms with Gasteiger partial charge < -0.3 is 10.2 Å². The van der Waals surface area contributed by atoms with Gasteiger partial charge in [0.25, 0.3) is 0 Å². The highest BCUT2D eigenvalue weighted by atomic mass is 19.1. The molecule has 0 bridgehead atoms. The van der Waals surface area contributed by atoms with Crippen LogP contribution in [0.15, 0.2) is 12.1 Å². The number of carbonyl (C=O) groups excluding carboxylic acids is 2. The highest BCUT2D eigenvalue weighted by Crippen LogP contribution is 2.33. The molecule has 3 aliphatic rings. The normalized spacial score (nSPS) is 23.0. The second kappa shape index (κ2) is 9.04. The highest BCUT2D eigenvalue weighted by molar-refractivity contribution is 5.92. The second-order valence-corrected chi connectivity index (χ2v) is 9.53. The van der Waals surface area contributed by atoms with Crippen LogP contribution in [-0.2, 0) is 16.1 Å². The lowest BCUT2D eigenvalue weighted by atomic mass is 10.0. The molecule has 4 rings (SSSR count). The van der Waals surface area contributed by atoms with Crippen LogP contribution in [0.25, 0.3) is 0 Å². The Labute approximate surface area is 179 Å². The fraction of sp³-hybridized carbons (Fsp3) is 0.667. The number of nitrogens with zero attached hydrogens (tertiary/aromatic N) is 2. The monoisotopic (exact) mass is 415 g/mol. The van der Waals surface area contributed by atoms with E-state index in [1.807, 2.05) is 6.92 Å². The second-order valence-electron chi connectivity index (χ2n) is 9.53. The minimum atomic E-state index is -0.319. The van der Waals surface area contributed by atoms with Crippen LogP contribution in [0, 0.1) is 24.6 Å². The van der Waals surface area contributed by atoms with E-state index < -0.39 is 0 Å². The van der Waals surface area contributed by atoms with E-state index in [4.69, 9.17) is 0 Å². The van der Waals surface area contributed by atoms with Gasteiger partial charge in [0.05, 0.1) is 0 Å². The molecule has 5 nitrogen and oxygen atoms in total. The van der Waals surface area contributed by atoms with Gasteiger partial charge in [-0.25, -0.2) is 4.39 Å². The number of anilines is 1. The third-order valence-corrected chi connectivity index (χ3v) is 7.02. The van der Waals surface area contributed by atoms with Gasteiger partial charge in [-0.3, -0.25) is 14.5 Å². The van der Waals surface area contributed by atoms with E-state index in [-0.39, 0.29) is 23.7 Å². The maximum Gasteiger partial charge on any atom is 0.226 e. The molecule has 0 spiro atoms. The Morgan fingerprint density at radius 3 is 2.53 bits per heavy atom. The zero-order chi connectivity index (χ0) is 21.3. The van der Waals surface area contributed by atoms with Crippen molar-refractivity contribution < 1.29 is 14.0 Å². The molecular formula is C24H34FN3O2. The highest BCUT2D eigenvalue weighted by Gasteiger charge is 2.33. The standard InChI is InChI=1S/C24H34FN3O2/c1-16-14-27(9-10-28(16)24(30)19-5-3-4-6-19)15-20-12-21(25)13-22(17(20)2)26-23(29)11-18-7-8-18/h12-13,16,18-19H,3-11,14-15H2,1-2H3,(H,26,29)/t16-/m0/s1. The van der Waals surface area contributed by atoms with Gasteiger partial charge in [-0.15, -0.1) is 0 Å². The van der Waals surface area contributed by atoms with Crippen LogP contribution in [0.2, 0.25) is 0 Å². The minimum absolute atomic E-state index is 0.0233. The summed E-state index contributed by atoms with van der Waals surface area (Å²) in [5.41, 5.74) is 2.41. The maximum atomic E-state index is 14.3. The van der Waals surface area contributed by atoms with Gasteiger partial charge in [0.2, 0.25) is 11.8 Å². The third-order valence-electron chi connectivity index (χ3n) is 7.02. The van der Waals surface area contributed by atoms with Crippen molar-refractivity contribution in [2.45, 2.75) is 71.4 Å². The molecule has 0 radical (unpaired) electrons. The topological polar surface area (TPSA) is 52.6 Å². The molecule has 0 aromatic heterocycles. The molecule has 6 heteroatoms. The summed E-state index contributed by atoms with van der Waals surface area (Å²) in [6.45, 7) is 7.01. The Kier molecular flexibility index (Phi) is 6.42. The van der Waals surface area contributed by atoms with Crippen LogP contribution < -0.4 is 5.32 Å². The SMILES string of the molecule is Cc1c(CN2CCN(C(=O)C3CCCC3)[C@@H](C)C2)cc(F)cc1NC(=O)CC1CC1. The number of nitrogens with one attached hydrogen (secondary N) is 1. The molecule has 1 aromatic rings. The summed E-state index contributed by atoms with van der Waals surface area (Å²) in [6, 6.07) is 3.16. The van der Waals surface area contributed by atoms with Crippen LogP contribution in [0.4, 0.5) is 10.1 Å². The van der Waals surface area contributed by atoms with Gasteiger partial charge in [-0.05, 0) is 68.7 Å². The van der Waals surface area contributed by atoms with Crippen molar-refractivity contribution >= 4 is 17.5 Å². The van der Waals surface area contributed by atoms with E-state index in [1.54, 1.807) is 6.07 Å². The molecular weight excluding hydrogens is 381 g/mol. The van der Waals surface area contributed by atoms with E-state index in [9.17, 15) is 14.0 Å². The predicted octanol–water partition coefficient (Wildman–Crippen LogP) is 4.10. The molecule has 1 aliphatic heterocycles. The average Bonchev–Trinajstić information content (AvgIpc) is 3.33. The number of carbonyl (C=O) groups is 2. The molecule has 1 heterocycles. The molecule has 1 atom stereocenters. The molecule has 1 saturated heterocycles. The number of benzene rings is 1. The Balaban J connectivity index is 1.38. The van der Waals surface area contributed by atoms with Crippen LogP contribution in [0.3, 0.4) is 0 Å². The molecule has 2 amide bonds. The molecule has 2 saturated carbocycles. The zero-order valence-corrected chi connectivity index (χ0v) is 18.3. The Bertz CT molecular complexity index is 802. The van der Waals surface area contributed by atoms with E-state index >= 15 is 0 Å². The van der Waals surface area contributed by atoms with Crippen LogP contribution >= 0.6 is 0 Å². The van der Waals surface area contributed by atoms with Crippen molar-refractivity contribution in [1.29, 1.82) is 0 Å². The molecule has 1 N–H and O–H groups in total. The quantitative estimate of drug-likeness (QED) is 0.761. The van der Waals surface area contributed by atoms with Crippen LogP contribution in [0.5, 0.6) is 0 Å². The Hall–Kier alpha value is -1.95. The van der Waals surface area contributed by atoms with Crippen molar-refractivity contribution in [2.24, 2.45) is 11.8 Å². The van der Waals surface area contributed by atoms with Gasteiger partial charge in [-0.2, -0.15) is 0 Å².